The highest BCUT2D eigenvalue weighted by Crippen LogP contribution is 2.44. The van der Waals surface area contributed by atoms with Crippen LogP contribution in [-0.2, 0) is 0 Å². The molecular formula is C24H25N3OS2. The van der Waals surface area contributed by atoms with Gasteiger partial charge in [0.1, 0.15) is 5.75 Å². The molecule has 1 aromatic carbocycles. The van der Waals surface area contributed by atoms with Crippen molar-refractivity contribution >= 4 is 34.4 Å². The van der Waals surface area contributed by atoms with Gasteiger partial charge >= 0.3 is 0 Å². The van der Waals surface area contributed by atoms with Crippen molar-refractivity contribution in [1.82, 2.24) is 10.3 Å². The molecule has 0 radical (unpaired) electrons. The number of aromatic nitrogens is 1. The number of benzene rings is 1. The summed E-state index contributed by atoms with van der Waals surface area (Å²) in [6, 6.07) is 16.7. The van der Waals surface area contributed by atoms with Gasteiger partial charge in [0.25, 0.3) is 0 Å². The standard InChI is InChI=1S/C24H25N3OS2/c1-16-13-15-30-23(16)22-21(20-8-4-5-14-25-20)26-24(29)27(22)17-9-11-19(12-10-17)28-18-6-2-3-7-18/h4-5,8-15,18,21-22H,2-3,6-7H2,1H3,(H,26,29). The number of thiocarbonyl (C=S) groups is 1. The summed E-state index contributed by atoms with van der Waals surface area (Å²) in [5.41, 5.74) is 3.35. The van der Waals surface area contributed by atoms with Crippen LogP contribution in [0, 0.1) is 6.92 Å². The maximum atomic E-state index is 6.15. The number of anilines is 1. The first-order valence-corrected chi connectivity index (χ1v) is 11.8. The van der Waals surface area contributed by atoms with E-state index in [1.54, 1.807) is 11.3 Å². The molecule has 0 spiro atoms. The van der Waals surface area contributed by atoms with Crippen molar-refractivity contribution in [2.75, 3.05) is 4.90 Å². The number of thiophene rings is 1. The van der Waals surface area contributed by atoms with E-state index in [0.717, 1.165) is 35.1 Å². The molecule has 3 heterocycles. The van der Waals surface area contributed by atoms with Crippen LogP contribution in [-0.4, -0.2) is 16.2 Å². The van der Waals surface area contributed by atoms with Gasteiger partial charge in [-0.25, -0.2) is 0 Å². The Morgan fingerprint density at radius 1 is 1.10 bits per heavy atom. The molecule has 2 fully saturated rings. The first-order chi connectivity index (χ1) is 14.7. The normalized spacial score (nSPS) is 21.8. The molecule has 30 heavy (non-hydrogen) atoms. The second-order valence-corrected chi connectivity index (χ2v) is 9.32. The molecule has 1 saturated heterocycles. The van der Waals surface area contributed by atoms with Crippen LogP contribution in [0.4, 0.5) is 5.69 Å². The molecule has 2 aromatic heterocycles. The Labute approximate surface area is 186 Å². The molecule has 4 nitrogen and oxygen atoms in total. The molecule has 1 aliphatic carbocycles. The van der Waals surface area contributed by atoms with E-state index in [1.165, 1.54) is 23.3 Å². The van der Waals surface area contributed by atoms with Crippen LogP contribution in [0.3, 0.4) is 0 Å². The molecule has 154 valence electrons. The number of nitrogens with one attached hydrogen (secondary N) is 1. The molecule has 0 amide bonds. The van der Waals surface area contributed by atoms with Gasteiger partial charge in [-0.1, -0.05) is 6.07 Å². The Morgan fingerprint density at radius 2 is 1.90 bits per heavy atom. The third-order valence-corrected chi connectivity index (χ3v) is 7.39. The van der Waals surface area contributed by atoms with Gasteiger partial charge in [-0.15, -0.1) is 11.3 Å². The summed E-state index contributed by atoms with van der Waals surface area (Å²) < 4.78 is 6.15. The minimum atomic E-state index is 0.00506. The Kier molecular flexibility index (Phi) is 5.44. The zero-order chi connectivity index (χ0) is 20.5. The third-order valence-electron chi connectivity index (χ3n) is 5.99. The largest absolute Gasteiger partial charge is 0.490 e. The average Bonchev–Trinajstić information content (AvgIpc) is 3.50. The van der Waals surface area contributed by atoms with Crippen molar-refractivity contribution in [1.29, 1.82) is 0 Å². The van der Waals surface area contributed by atoms with Crippen LogP contribution < -0.4 is 15.0 Å². The summed E-state index contributed by atoms with van der Waals surface area (Å²) in [7, 11) is 0. The fraction of sp³-hybridized carbons (Fsp3) is 0.333. The summed E-state index contributed by atoms with van der Waals surface area (Å²) in [6.45, 7) is 2.17. The van der Waals surface area contributed by atoms with Gasteiger partial charge in [0, 0.05) is 16.8 Å². The van der Waals surface area contributed by atoms with Gasteiger partial charge < -0.3 is 15.0 Å². The second-order valence-electron chi connectivity index (χ2n) is 7.98. The van der Waals surface area contributed by atoms with E-state index in [2.05, 4.69) is 63.9 Å². The number of hydrogen-bond acceptors (Lipinski definition) is 4. The van der Waals surface area contributed by atoms with Gasteiger partial charge in [-0.3, -0.25) is 4.98 Å². The molecular weight excluding hydrogens is 410 g/mol. The molecule has 1 N–H and O–H groups in total. The zero-order valence-corrected chi connectivity index (χ0v) is 18.6. The SMILES string of the molecule is Cc1ccsc1C1C(c2ccccn2)NC(=S)N1c1ccc(OC2CCCC2)cc1. The van der Waals surface area contributed by atoms with E-state index >= 15 is 0 Å². The first kappa shape index (κ1) is 19.5. The molecule has 3 aromatic rings. The van der Waals surface area contributed by atoms with Crippen LogP contribution >= 0.6 is 23.6 Å². The van der Waals surface area contributed by atoms with Crippen LogP contribution in [0.2, 0.25) is 0 Å². The number of nitrogens with zero attached hydrogens (tertiary/aromatic N) is 2. The summed E-state index contributed by atoms with van der Waals surface area (Å²) in [5.74, 6) is 0.939. The first-order valence-electron chi connectivity index (χ1n) is 10.5. The van der Waals surface area contributed by atoms with Crippen LogP contribution in [0.5, 0.6) is 5.75 Å². The lowest BCUT2D eigenvalue weighted by Crippen LogP contribution is -2.29. The maximum Gasteiger partial charge on any atom is 0.174 e. The van der Waals surface area contributed by atoms with Crippen LogP contribution in [0.1, 0.15) is 53.9 Å². The molecule has 1 aliphatic heterocycles. The average molecular weight is 436 g/mol. The van der Waals surface area contributed by atoms with Gasteiger partial charge in [-0.05, 0) is 98.2 Å². The monoisotopic (exact) mass is 435 g/mol. The van der Waals surface area contributed by atoms with E-state index in [9.17, 15) is 0 Å². The van der Waals surface area contributed by atoms with Crippen molar-refractivity contribution in [3.05, 3.63) is 76.2 Å². The number of ether oxygens (including phenoxy) is 1. The second kappa shape index (κ2) is 8.36. The highest BCUT2D eigenvalue weighted by molar-refractivity contribution is 7.80. The van der Waals surface area contributed by atoms with E-state index in [0.29, 0.717) is 6.10 Å². The van der Waals surface area contributed by atoms with Crippen molar-refractivity contribution in [2.24, 2.45) is 0 Å². The van der Waals surface area contributed by atoms with Crippen LogP contribution in [0.15, 0.2) is 60.1 Å². The van der Waals surface area contributed by atoms with Crippen molar-refractivity contribution in [3.8, 4) is 5.75 Å². The van der Waals surface area contributed by atoms with Crippen molar-refractivity contribution in [2.45, 2.75) is 50.8 Å². The van der Waals surface area contributed by atoms with E-state index in [1.807, 2.05) is 18.3 Å². The highest BCUT2D eigenvalue weighted by atomic mass is 32.1. The van der Waals surface area contributed by atoms with Gasteiger partial charge in [0.05, 0.1) is 23.9 Å². The molecule has 2 aliphatic rings. The Bertz CT molecular complexity index is 1010. The Morgan fingerprint density at radius 3 is 2.57 bits per heavy atom. The summed E-state index contributed by atoms with van der Waals surface area (Å²) >= 11 is 7.58. The van der Waals surface area contributed by atoms with E-state index in [4.69, 9.17) is 17.0 Å². The smallest absolute Gasteiger partial charge is 0.174 e. The molecule has 5 rings (SSSR count). The quantitative estimate of drug-likeness (QED) is 0.501. The number of hydrogen-bond donors (Lipinski definition) is 1. The minimum Gasteiger partial charge on any atom is -0.490 e. The fourth-order valence-corrected chi connectivity index (χ4v) is 5.87. The van der Waals surface area contributed by atoms with E-state index in [-0.39, 0.29) is 12.1 Å². The Hall–Kier alpha value is -2.44. The fourth-order valence-electron chi connectivity index (χ4n) is 4.47. The summed E-state index contributed by atoms with van der Waals surface area (Å²) in [6.07, 6.45) is 7.07. The van der Waals surface area contributed by atoms with Gasteiger partial charge in [0.15, 0.2) is 5.11 Å². The number of rotatable bonds is 5. The van der Waals surface area contributed by atoms with Crippen molar-refractivity contribution in [3.63, 3.8) is 0 Å². The number of pyridine rings is 1. The predicted octanol–water partition coefficient (Wildman–Crippen LogP) is 5.95. The Balaban J connectivity index is 1.48. The van der Waals surface area contributed by atoms with Gasteiger partial charge in [0.2, 0.25) is 0 Å². The molecule has 2 atom stereocenters. The summed E-state index contributed by atoms with van der Waals surface area (Å²) in [5, 5.41) is 6.41. The third kappa shape index (κ3) is 3.70. The lowest BCUT2D eigenvalue weighted by Gasteiger charge is -2.28. The van der Waals surface area contributed by atoms with E-state index < -0.39 is 0 Å². The van der Waals surface area contributed by atoms with Crippen LogP contribution in [0.25, 0.3) is 0 Å². The minimum absolute atomic E-state index is 0.00506. The predicted molar refractivity (Wildman–Crippen MR) is 126 cm³/mol. The highest BCUT2D eigenvalue weighted by Gasteiger charge is 2.41. The number of aryl methyl sites for hydroxylation is 1. The molecule has 2 unspecified atom stereocenters. The summed E-state index contributed by atoms with van der Waals surface area (Å²) in [4.78, 5) is 8.16. The zero-order valence-electron chi connectivity index (χ0n) is 17.0. The lowest BCUT2D eigenvalue weighted by molar-refractivity contribution is 0.210. The van der Waals surface area contributed by atoms with Gasteiger partial charge in [-0.2, -0.15) is 0 Å². The van der Waals surface area contributed by atoms with Crippen molar-refractivity contribution < 1.29 is 4.74 Å². The molecule has 0 bridgehead atoms. The topological polar surface area (TPSA) is 37.4 Å². The molecule has 6 heteroatoms. The maximum absolute atomic E-state index is 6.15. The molecule has 1 saturated carbocycles. The lowest BCUT2D eigenvalue weighted by atomic mass is 10.0.